The zero-order chi connectivity index (χ0) is 16.3. The molecule has 2 atom stereocenters. The van der Waals surface area contributed by atoms with Crippen LogP contribution in [-0.4, -0.2) is 38.3 Å². The lowest BCUT2D eigenvalue weighted by atomic mass is 9.92. The summed E-state index contributed by atoms with van der Waals surface area (Å²) in [5.74, 6) is 0.414. The highest BCUT2D eigenvalue weighted by atomic mass is 35.5. The lowest BCUT2D eigenvalue weighted by Crippen LogP contribution is -2.42. The molecule has 1 aromatic carbocycles. The van der Waals surface area contributed by atoms with E-state index in [1.54, 1.807) is 0 Å². The first-order valence-electron chi connectivity index (χ1n) is 8.88. The fourth-order valence-electron chi connectivity index (χ4n) is 2.99. The van der Waals surface area contributed by atoms with Gasteiger partial charge >= 0.3 is 0 Å². The Balaban J connectivity index is 0.00000288. The molecule has 24 heavy (non-hydrogen) atoms. The van der Waals surface area contributed by atoms with Gasteiger partial charge in [0.2, 0.25) is 5.91 Å². The summed E-state index contributed by atoms with van der Waals surface area (Å²) in [6, 6.07) is 10.9. The van der Waals surface area contributed by atoms with Gasteiger partial charge in [-0.2, -0.15) is 0 Å². The molecule has 1 amide bonds. The van der Waals surface area contributed by atoms with Gasteiger partial charge in [0.1, 0.15) is 0 Å². The van der Waals surface area contributed by atoms with Gasteiger partial charge < -0.3 is 15.4 Å². The molecule has 0 aromatic heterocycles. The Labute approximate surface area is 152 Å². The molecule has 1 aromatic rings. The number of carbonyl (C=O) groups excluding carboxylic acids is 1. The number of hydrogen-bond donors (Lipinski definition) is 2. The zero-order valence-electron chi connectivity index (χ0n) is 14.6. The summed E-state index contributed by atoms with van der Waals surface area (Å²) in [6.07, 6.45) is 4.86. The van der Waals surface area contributed by atoms with E-state index >= 15 is 0 Å². The smallest absolute Gasteiger partial charge is 0.223 e. The van der Waals surface area contributed by atoms with E-state index in [9.17, 15) is 4.79 Å². The predicted molar refractivity (Wildman–Crippen MR) is 101 cm³/mol. The number of ether oxygens (including phenoxy) is 1. The number of halogens is 1. The molecule has 0 bridgehead atoms. The Morgan fingerprint density at radius 2 is 2.04 bits per heavy atom. The van der Waals surface area contributed by atoms with Gasteiger partial charge in [0.05, 0.1) is 6.61 Å². The average molecular weight is 355 g/mol. The van der Waals surface area contributed by atoms with Gasteiger partial charge in [0.25, 0.3) is 0 Å². The summed E-state index contributed by atoms with van der Waals surface area (Å²) in [6.45, 7) is 5.40. The van der Waals surface area contributed by atoms with E-state index in [1.807, 2.05) is 6.07 Å². The number of nitrogens with one attached hydrogen (secondary N) is 2. The highest BCUT2D eigenvalue weighted by molar-refractivity contribution is 5.85. The lowest BCUT2D eigenvalue weighted by molar-refractivity contribution is -0.126. The molecule has 0 spiro atoms. The molecule has 5 heteroatoms. The van der Waals surface area contributed by atoms with Crippen LogP contribution in [0.15, 0.2) is 30.3 Å². The van der Waals surface area contributed by atoms with Crippen LogP contribution in [0, 0.1) is 5.92 Å². The summed E-state index contributed by atoms with van der Waals surface area (Å²) in [4.78, 5) is 12.1. The van der Waals surface area contributed by atoms with Crippen LogP contribution in [0.2, 0.25) is 0 Å². The van der Waals surface area contributed by atoms with Gasteiger partial charge in [-0.3, -0.25) is 4.79 Å². The van der Waals surface area contributed by atoms with Crippen molar-refractivity contribution in [2.24, 2.45) is 5.92 Å². The third-order valence-electron chi connectivity index (χ3n) is 4.39. The molecule has 136 valence electrons. The molecular formula is C19H31ClN2O2. The number of amides is 1. The van der Waals surface area contributed by atoms with Crippen molar-refractivity contribution in [3.8, 4) is 0 Å². The van der Waals surface area contributed by atoms with Crippen molar-refractivity contribution in [1.29, 1.82) is 0 Å². The van der Waals surface area contributed by atoms with Crippen molar-refractivity contribution < 1.29 is 9.53 Å². The Morgan fingerprint density at radius 3 is 2.79 bits per heavy atom. The quantitative estimate of drug-likeness (QED) is 0.670. The second-order valence-corrected chi connectivity index (χ2v) is 6.42. The number of hydrogen-bond acceptors (Lipinski definition) is 3. The standard InChI is InChI=1S/C19H30N2O2.ClH/c1-16-15-18(9-12-20-16)19(22)21-11-5-6-13-23-14-10-17-7-3-2-4-8-17;/h2-4,7-8,16,18,20H,5-6,9-15H2,1H3,(H,21,22);1H/t16-,18-;/m0./s1. The Kier molecular flexibility index (Phi) is 10.7. The summed E-state index contributed by atoms with van der Waals surface area (Å²) >= 11 is 0. The third kappa shape index (κ3) is 8.13. The van der Waals surface area contributed by atoms with Crippen molar-refractivity contribution in [3.63, 3.8) is 0 Å². The Hall–Kier alpha value is -1.10. The fraction of sp³-hybridized carbons (Fsp3) is 0.632. The second-order valence-electron chi connectivity index (χ2n) is 6.42. The van der Waals surface area contributed by atoms with Crippen molar-refractivity contribution in [1.82, 2.24) is 10.6 Å². The van der Waals surface area contributed by atoms with E-state index in [2.05, 4.69) is 41.8 Å². The number of rotatable bonds is 9. The minimum atomic E-state index is 0. The van der Waals surface area contributed by atoms with E-state index in [4.69, 9.17) is 4.74 Å². The maximum absolute atomic E-state index is 12.1. The van der Waals surface area contributed by atoms with Crippen LogP contribution in [0.25, 0.3) is 0 Å². The second kappa shape index (κ2) is 12.3. The normalized spacial score (nSPS) is 20.2. The van der Waals surface area contributed by atoms with E-state index < -0.39 is 0 Å². The van der Waals surface area contributed by atoms with Gasteiger partial charge in [-0.1, -0.05) is 30.3 Å². The molecule has 0 saturated carbocycles. The van der Waals surface area contributed by atoms with Crippen molar-refractivity contribution in [3.05, 3.63) is 35.9 Å². The molecule has 4 nitrogen and oxygen atoms in total. The Morgan fingerprint density at radius 1 is 1.25 bits per heavy atom. The van der Waals surface area contributed by atoms with Crippen LogP contribution in [0.1, 0.15) is 38.2 Å². The first-order chi connectivity index (χ1) is 11.3. The molecule has 0 unspecified atom stereocenters. The van der Waals surface area contributed by atoms with Crippen LogP contribution < -0.4 is 10.6 Å². The number of piperidine rings is 1. The van der Waals surface area contributed by atoms with Crippen molar-refractivity contribution in [2.45, 2.75) is 45.1 Å². The molecule has 1 aliphatic heterocycles. The topological polar surface area (TPSA) is 50.4 Å². The number of unbranched alkanes of at least 4 members (excludes halogenated alkanes) is 1. The van der Waals surface area contributed by atoms with Crippen molar-refractivity contribution in [2.75, 3.05) is 26.3 Å². The first kappa shape index (κ1) is 20.9. The van der Waals surface area contributed by atoms with Crippen LogP contribution in [0.3, 0.4) is 0 Å². The van der Waals surface area contributed by atoms with Crippen molar-refractivity contribution >= 4 is 18.3 Å². The largest absolute Gasteiger partial charge is 0.381 e. The van der Waals surface area contributed by atoms with Crippen LogP contribution in [0.5, 0.6) is 0 Å². The van der Waals surface area contributed by atoms with Gasteiger partial charge in [-0.15, -0.1) is 12.4 Å². The molecule has 1 aliphatic rings. The molecule has 1 saturated heterocycles. The monoisotopic (exact) mass is 354 g/mol. The summed E-state index contributed by atoms with van der Waals surface area (Å²) in [7, 11) is 0. The summed E-state index contributed by atoms with van der Waals surface area (Å²) in [5.41, 5.74) is 1.32. The minimum absolute atomic E-state index is 0. The maximum Gasteiger partial charge on any atom is 0.223 e. The molecule has 1 fully saturated rings. The minimum Gasteiger partial charge on any atom is -0.381 e. The fourth-order valence-corrected chi connectivity index (χ4v) is 2.99. The molecule has 0 aliphatic carbocycles. The predicted octanol–water partition coefficient (Wildman–Crippen LogP) is 2.95. The van der Waals surface area contributed by atoms with Crippen LogP contribution in [0.4, 0.5) is 0 Å². The summed E-state index contributed by atoms with van der Waals surface area (Å²) < 4.78 is 5.65. The molecule has 2 N–H and O–H groups in total. The molecule has 2 rings (SSSR count). The average Bonchev–Trinajstić information content (AvgIpc) is 2.58. The third-order valence-corrected chi connectivity index (χ3v) is 4.39. The SMILES string of the molecule is C[C@H]1C[C@@H](C(=O)NCCCCOCCc2ccccc2)CCN1.Cl. The van der Waals surface area contributed by atoms with E-state index in [0.717, 1.165) is 58.4 Å². The molecule has 0 radical (unpaired) electrons. The number of benzene rings is 1. The molecular weight excluding hydrogens is 324 g/mol. The zero-order valence-corrected chi connectivity index (χ0v) is 15.4. The Bertz CT molecular complexity index is 456. The first-order valence-corrected chi connectivity index (χ1v) is 8.88. The van der Waals surface area contributed by atoms with Crippen LogP contribution >= 0.6 is 12.4 Å². The number of carbonyl (C=O) groups is 1. The van der Waals surface area contributed by atoms with Gasteiger partial charge in [0.15, 0.2) is 0 Å². The molecule has 1 heterocycles. The van der Waals surface area contributed by atoms with Gasteiger partial charge in [-0.05, 0) is 51.1 Å². The van der Waals surface area contributed by atoms with E-state index in [-0.39, 0.29) is 24.2 Å². The van der Waals surface area contributed by atoms with Gasteiger partial charge in [0, 0.05) is 25.1 Å². The van der Waals surface area contributed by atoms with E-state index in [1.165, 1.54) is 5.56 Å². The van der Waals surface area contributed by atoms with E-state index in [0.29, 0.717) is 6.04 Å². The highest BCUT2D eigenvalue weighted by Gasteiger charge is 2.23. The highest BCUT2D eigenvalue weighted by Crippen LogP contribution is 2.15. The maximum atomic E-state index is 12.1. The summed E-state index contributed by atoms with van der Waals surface area (Å²) in [5, 5.41) is 6.45. The lowest BCUT2D eigenvalue weighted by Gasteiger charge is -2.27. The van der Waals surface area contributed by atoms with Crippen LogP contribution in [-0.2, 0) is 16.0 Å². The van der Waals surface area contributed by atoms with Gasteiger partial charge in [-0.25, -0.2) is 0 Å².